The van der Waals surface area contributed by atoms with E-state index in [9.17, 15) is 0 Å². The molecule has 2 nitrogen and oxygen atoms in total. The van der Waals surface area contributed by atoms with E-state index in [0.717, 1.165) is 11.3 Å². The minimum Gasteiger partial charge on any atom is -0.459 e. The van der Waals surface area contributed by atoms with Crippen LogP contribution in [0.25, 0.3) is 11.0 Å². The second-order valence-corrected chi connectivity index (χ2v) is 4.31. The van der Waals surface area contributed by atoms with Gasteiger partial charge >= 0.3 is 0 Å². The van der Waals surface area contributed by atoms with E-state index in [0.29, 0.717) is 0 Å². The summed E-state index contributed by atoms with van der Waals surface area (Å²) in [7, 11) is 0. The van der Waals surface area contributed by atoms with Crippen LogP contribution in [0.2, 0.25) is 0 Å². The standard InChI is InChI=1S/C13H17NO/c1-7-5-11-9(3)13(10(4)14)15-12(11)6-8(7)2/h5-6,10H,14H2,1-4H3. The van der Waals surface area contributed by atoms with Crippen molar-refractivity contribution in [2.24, 2.45) is 5.73 Å². The lowest BCUT2D eigenvalue weighted by molar-refractivity contribution is 0.509. The van der Waals surface area contributed by atoms with Crippen molar-refractivity contribution in [1.82, 2.24) is 0 Å². The van der Waals surface area contributed by atoms with E-state index < -0.39 is 0 Å². The van der Waals surface area contributed by atoms with E-state index in [-0.39, 0.29) is 6.04 Å². The summed E-state index contributed by atoms with van der Waals surface area (Å²) in [6.07, 6.45) is 0. The molecule has 1 unspecified atom stereocenters. The smallest absolute Gasteiger partial charge is 0.134 e. The van der Waals surface area contributed by atoms with Gasteiger partial charge < -0.3 is 10.2 Å². The van der Waals surface area contributed by atoms with E-state index in [1.54, 1.807) is 0 Å². The molecule has 0 amide bonds. The lowest BCUT2D eigenvalue weighted by Crippen LogP contribution is -2.04. The molecule has 15 heavy (non-hydrogen) atoms. The molecule has 1 heterocycles. The van der Waals surface area contributed by atoms with Gasteiger partial charge in [-0.2, -0.15) is 0 Å². The highest BCUT2D eigenvalue weighted by molar-refractivity contribution is 5.83. The number of furan rings is 1. The Hall–Kier alpha value is -1.28. The summed E-state index contributed by atoms with van der Waals surface area (Å²) in [6, 6.07) is 4.22. The van der Waals surface area contributed by atoms with Gasteiger partial charge in [-0.1, -0.05) is 0 Å². The van der Waals surface area contributed by atoms with Crippen molar-refractivity contribution in [3.8, 4) is 0 Å². The van der Waals surface area contributed by atoms with Gasteiger partial charge in [-0.05, 0) is 56.5 Å². The van der Waals surface area contributed by atoms with Crippen LogP contribution in [-0.4, -0.2) is 0 Å². The van der Waals surface area contributed by atoms with Crippen LogP contribution < -0.4 is 5.73 Å². The molecule has 0 bridgehead atoms. The summed E-state index contributed by atoms with van der Waals surface area (Å²) in [5, 5.41) is 1.19. The molecule has 0 fully saturated rings. The third-order valence-corrected chi connectivity index (χ3v) is 3.00. The number of fused-ring (bicyclic) bond motifs is 1. The van der Waals surface area contributed by atoms with Gasteiger partial charge in [0.2, 0.25) is 0 Å². The molecule has 1 atom stereocenters. The molecule has 0 aliphatic heterocycles. The molecule has 0 aliphatic carbocycles. The van der Waals surface area contributed by atoms with E-state index >= 15 is 0 Å². The van der Waals surface area contributed by atoms with Crippen LogP contribution >= 0.6 is 0 Å². The molecular weight excluding hydrogens is 186 g/mol. The molecule has 2 heteroatoms. The highest BCUT2D eigenvalue weighted by Gasteiger charge is 2.14. The minimum absolute atomic E-state index is 0.0435. The fourth-order valence-corrected chi connectivity index (χ4v) is 1.93. The normalized spacial score (nSPS) is 13.4. The molecular formula is C13H17NO. The quantitative estimate of drug-likeness (QED) is 0.771. The van der Waals surface area contributed by atoms with Gasteiger partial charge in [-0.15, -0.1) is 0 Å². The summed E-state index contributed by atoms with van der Waals surface area (Å²) in [5.41, 5.74) is 10.5. The van der Waals surface area contributed by atoms with Crippen molar-refractivity contribution < 1.29 is 4.42 Å². The first-order valence-electron chi connectivity index (χ1n) is 5.26. The molecule has 0 saturated carbocycles. The molecule has 1 aromatic heterocycles. The van der Waals surface area contributed by atoms with Gasteiger partial charge in [0.1, 0.15) is 11.3 Å². The third kappa shape index (κ3) is 1.55. The summed E-state index contributed by atoms with van der Waals surface area (Å²) in [5.74, 6) is 0.898. The van der Waals surface area contributed by atoms with E-state index in [1.165, 1.54) is 22.1 Å². The Balaban J connectivity index is 2.77. The highest BCUT2D eigenvalue weighted by atomic mass is 16.3. The third-order valence-electron chi connectivity index (χ3n) is 3.00. The van der Waals surface area contributed by atoms with Gasteiger partial charge in [0.25, 0.3) is 0 Å². The molecule has 2 N–H and O–H groups in total. The van der Waals surface area contributed by atoms with Crippen LogP contribution in [0.1, 0.15) is 35.4 Å². The lowest BCUT2D eigenvalue weighted by atomic mass is 10.0. The van der Waals surface area contributed by atoms with E-state index in [2.05, 4.69) is 32.9 Å². The second kappa shape index (κ2) is 3.38. The molecule has 0 saturated heterocycles. The Bertz CT molecular complexity index is 509. The predicted molar refractivity (Wildman–Crippen MR) is 63.0 cm³/mol. The first kappa shape index (κ1) is 10.2. The number of benzene rings is 1. The van der Waals surface area contributed by atoms with Gasteiger partial charge in [0, 0.05) is 5.39 Å². The van der Waals surface area contributed by atoms with Crippen LogP contribution in [0.3, 0.4) is 0 Å². The van der Waals surface area contributed by atoms with Gasteiger partial charge in [0.15, 0.2) is 0 Å². The summed E-state index contributed by atoms with van der Waals surface area (Å²) < 4.78 is 5.77. The summed E-state index contributed by atoms with van der Waals surface area (Å²) in [6.45, 7) is 8.23. The largest absolute Gasteiger partial charge is 0.459 e. The van der Waals surface area contributed by atoms with Crippen molar-refractivity contribution in [2.75, 3.05) is 0 Å². The molecule has 2 aromatic rings. The zero-order valence-corrected chi connectivity index (χ0v) is 9.72. The first-order chi connectivity index (χ1) is 7.00. The number of nitrogens with two attached hydrogens (primary N) is 1. The Morgan fingerprint density at radius 1 is 1.13 bits per heavy atom. The van der Waals surface area contributed by atoms with Crippen molar-refractivity contribution >= 4 is 11.0 Å². The Kier molecular flexibility index (Phi) is 2.31. The van der Waals surface area contributed by atoms with Gasteiger partial charge in [0.05, 0.1) is 6.04 Å². The zero-order valence-electron chi connectivity index (χ0n) is 9.72. The zero-order chi connectivity index (χ0) is 11.2. The van der Waals surface area contributed by atoms with Crippen LogP contribution in [0.15, 0.2) is 16.5 Å². The SMILES string of the molecule is Cc1cc2oc(C(C)N)c(C)c2cc1C. The fraction of sp³-hybridized carbons (Fsp3) is 0.385. The molecule has 1 aromatic carbocycles. The Morgan fingerprint density at radius 2 is 1.73 bits per heavy atom. The monoisotopic (exact) mass is 203 g/mol. The molecule has 80 valence electrons. The summed E-state index contributed by atoms with van der Waals surface area (Å²) >= 11 is 0. The number of rotatable bonds is 1. The Morgan fingerprint density at radius 3 is 2.33 bits per heavy atom. The first-order valence-corrected chi connectivity index (χ1v) is 5.26. The second-order valence-electron chi connectivity index (χ2n) is 4.31. The fourth-order valence-electron chi connectivity index (χ4n) is 1.93. The summed E-state index contributed by atoms with van der Waals surface area (Å²) in [4.78, 5) is 0. The molecule has 0 spiro atoms. The average molecular weight is 203 g/mol. The molecule has 2 rings (SSSR count). The average Bonchev–Trinajstić information content (AvgIpc) is 2.46. The Labute approximate surface area is 90.1 Å². The van der Waals surface area contributed by atoms with Crippen molar-refractivity contribution in [3.05, 3.63) is 34.6 Å². The maximum Gasteiger partial charge on any atom is 0.134 e. The molecule has 0 aliphatic rings. The van der Waals surface area contributed by atoms with E-state index in [4.69, 9.17) is 10.2 Å². The van der Waals surface area contributed by atoms with Gasteiger partial charge in [-0.25, -0.2) is 0 Å². The number of aryl methyl sites for hydroxylation is 3. The molecule has 0 radical (unpaired) electrons. The van der Waals surface area contributed by atoms with Crippen LogP contribution in [0.5, 0.6) is 0 Å². The number of hydrogen-bond donors (Lipinski definition) is 1. The van der Waals surface area contributed by atoms with Gasteiger partial charge in [-0.3, -0.25) is 0 Å². The van der Waals surface area contributed by atoms with Crippen LogP contribution in [0.4, 0.5) is 0 Å². The van der Waals surface area contributed by atoms with Crippen molar-refractivity contribution in [1.29, 1.82) is 0 Å². The highest BCUT2D eigenvalue weighted by Crippen LogP contribution is 2.30. The lowest BCUT2D eigenvalue weighted by Gasteiger charge is -2.00. The van der Waals surface area contributed by atoms with Crippen LogP contribution in [0, 0.1) is 20.8 Å². The predicted octanol–water partition coefficient (Wildman–Crippen LogP) is 3.38. The van der Waals surface area contributed by atoms with Crippen LogP contribution in [-0.2, 0) is 0 Å². The maximum atomic E-state index is 5.86. The maximum absolute atomic E-state index is 5.86. The minimum atomic E-state index is -0.0435. The topological polar surface area (TPSA) is 39.2 Å². The van der Waals surface area contributed by atoms with Crippen molar-refractivity contribution in [2.45, 2.75) is 33.7 Å². The van der Waals surface area contributed by atoms with E-state index in [1.807, 2.05) is 6.92 Å². The number of hydrogen-bond acceptors (Lipinski definition) is 2. The van der Waals surface area contributed by atoms with Crippen molar-refractivity contribution in [3.63, 3.8) is 0 Å².